The van der Waals surface area contributed by atoms with Gasteiger partial charge in [-0.1, -0.05) is 35.9 Å². The number of rotatable bonds is 3. The summed E-state index contributed by atoms with van der Waals surface area (Å²) in [6, 6.07) is 0. The first-order valence-corrected chi connectivity index (χ1v) is 6.64. The van der Waals surface area contributed by atoms with Gasteiger partial charge in [0.1, 0.15) is 5.82 Å². The predicted molar refractivity (Wildman–Crippen MR) is 63.3 cm³/mol. The summed E-state index contributed by atoms with van der Waals surface area (Å²) in [5.74, 6) is 2.01. The lowest BCUT2D eigenvalue weighted by atomic mass is 10.2. The first kappa shape index (κ1) is 11.0. The lowest BCUT2D eigenvalue weighted by Crippen LogP contribution is -2.02. The predicted octanol–water partition coefficient (Wildman–Crippen LogP) is 2.85. The molecule has 82 valence electrons. The molecule has 0 saturated heterocycles. The molecule has 0 aromatic carbocycles. The Morgan fingerprint density at radius 2 is 2.27 bits per heavy atom. The van der Waals surface area contributed by atoms with Crippen LogP contribution >= 0.6 is 23.4 Å². The average Bonchev–Trinajstić information content (AvgIpc) is 2.50. The summed E-state index contributed by atoms with van der Waals surface area (Å²) in [6.45, 7) is 1.06. The minimum atomic E-state index is 0.863. The Labute approximate surface area is 98.9 Å². The topological polar surface area (TPSA) is 30.7 Å². The van der Waals surface area contributed by atoms with E-state index in [2.05, 4.69) is 14.8 Å². The van der Waals surface area contributed by atoms with Gasteiger partial charge in [0.15, 0.2) is 5.16 Å². The molecule has 0 fully saturated rings. The fourth-order valence-corrected chi connectivity index (χ4v) is 2.71. The summed E-state index contributed by atoms with van der Waals surface area (Å²) >= 11 is 7.17. The smallest absolute Gasteiger partial charge is 0.191 e. The van der Waals surface area contributed by atoms with Crippen molar-refractivity contribution in [2.24, 2.45) is 0 Å². The molecule has 2 heterocycles. The number of nitrogens with zero attached hydrogens (tertiary/aromatic N) is 3. The Hall–Kier alpha value is -0.480. The van der Waals surface area contributed by atoms with Crippen molar-refractivity contribution in [3.8, 4) is 0 Å². The highest BCUT2D eigenvalue weighted by Crippen LogP contribution is 2.21. The fourth-order valence-electron chi connectivity index (χ4n) is 1.72. The maximum Gasteiger partial charge on any atom is 0.191 e. The van der Waals surface area contributed by atoms with Gasteiger partial charge in [0.25, 0.3) is 0 Å². The molecule has 0 amide bonds. The van der Waals surface area contributed by atoms with Crippen LogP contribution in [0.15, 0.2) is 16.8 Å². The van der Waals surface area contributed by atoms with Crippen molar-refractivity contribution in [3.63, 3.8) is 0 Å². The van der Waals surface area contributed by atoms with Crippen molar-refractivity contribution >= 4 is 23.4 Å². The SMILES string of the molecule is Cl/C=C/CSc1nnc2n1CCCCC2. The van der Waals surface area contributed by atoms with Crippen molar-refractivity contribution < 1.29 is 0 Å². The quantitative estimate of drug-likeness (QED) is 0.765. The molecule has 0 aliphatic carbocycles. The van der Waals surface area contributed by atoms with Crippen molar-refractivity contribution in [1.82, 2.24) is 14.8 Å². The number of hydrogen-bond acceptors (Lipinski definition) is 3. The minimum Gasteiger partial charge on any atom is -0.306 e. The molecule has 2 rings (SSSR count). The third kappa shape index (κ3) is 2.75. The second-order valence-electron chi connectivity index (χ2n) is 3.53. The lowest BCUT2D eigenvalue weighted by Gasteiger charge is -2.04. The van der Waals surface area contributed by atoms with E-state index in [0.29, 0.717) is 0 Å². The molecule has 1 aliphatic rings. The highest BCUT2D eigenvalue weighted by molar-refractivity contribution is 7.99. The zero-order valence-electron chi connectivity index (χ0n) is 8.53. The monoisotopic (exact) mass is 243 g/mol. The summed E-state index contributed by atoms with van der Waals surface area (Å²) in [6.07, 6.45) is 6.77. The van der Waals surface area contributed by atoms with Gasteiger partial charge in [0.05, 0.1) is 0 Å². The van der Waals surface area contributed by atoms with Crippen LogP contribution in [0.25, 0.3) is 0 Å². The average molecular weight is 244 g/mol. The molecule has 3 nitrogen and oxygen atoms in total. The highest BCUT2D eigenvalue weighted by atomic mass is 35.5. The number of hydrogen-bond donors (Lipinski definition) is 0. The third-order valence-corrected chi connectivity index (χ3v) is 3.57. The number of fused-ring (bicyclic) bond motifs is 1. The lowest BCUT2D eigenvalue weighted by molar-refractivity contribution is 0.591. The summed E-state index contributed by atoms with van der Waals surface area (Å²) in [5, 5.41) is 9.47. The molecular formula is C10H14ClN3S. The van der Waals surface area contributed by atoms with Gasteiger partial charge in [-0.15, -0.1) is 10.2 Å². The largest absolute Gasteiger partial charge is 0.306 e. The highest BCUT2D eigenvalue weighted by Gasteiger charge is 2.13. The van der Waals surface area contributed by atoms with Gasteiger partial charge in [-0.2, -0.15) is 0 Å². The van der Waals surface area contributed by atoms with Gasteiger partial charge < -0.3 is 4.57 Å². The molecule has 0 saturated carbocycles. The number of aryl methyl sites for hydroxylation is 1. The molecule has 0 atom stereocenters. The maximum absolute atomic E-state index is 5.47. The van der Waals surface area contributed by atoms with Crippen LogP contribution in [0, 0.1) is 0 Å². The van der Waals surface area contributed by atoms with Crippen molar-refractivity contribution in [2.75, 3.05) is 5.75 Å². The molecule has 0 bridgehead atoms. The van der Waals surface area contributed by atoms with E-state index in [1.807, 2.05) is 6.08 Å². The Balaban J connectivity index is 2.07. The van der Waals surface area contributed by atoms with E-state index < -0.39 is 0 Å². The van der Waals surface area contributed by atoms with E-state index >= 15 is 0 Å². The van der Waals surface area contributed by atoms with E-state index in [-0.39, 0.29) is 0 Å². The Morgan fingerprint density at radius 1 is 1.33 bits per heavy atom. The van der Waals surface area contributed by atoms with Crippen LogP contribution in [-0.4, -0.2) is 20.5 Å². The Bertz CT molecular complexity index is 348. The number of aromatic nitrogens is 3. The van der Waals surface area contributed by atoms with E-state index in [0.717, 1.165) is 29.7 Å². The molecule has 1 aromatic heterocycles. The van der Waals surface area contributed by atoms with Gasteiger partial charge in [-0.05, 0) is 12.8 Å². The second-order valence-corrected chi connectivity index (χ2v) is 4.77. The number of thioether (sulfide) groups is 1. The minimum absolute atomic E-state index is 0.863. The molecule has 0 radical (unpaired) electrons. The summed E-state index contributed by atoms with van der Waals surface area (Å²) in [7, 11) is 0. The first-order chi connectivity index (χ1) is 7.42. The molecule has 0 unspecified atom stereocenters. The van der Waals surface area contributed by atoms with Crippen LogP contribution in [0.4, 0.5) is 0 Å². The van der Waals surface area contributed by atoms with E-state index in [9.17, 15) is 0 Å². The van der Waals surface area contributed by atoms with Gasteiger partial charge in [-0.25, -0.2) is 0 Å². The third-order valence-electron chi connectivity index (χ3n) is 2.47. The maximum atomic E-state index is 5.47. The Morgan fingerprint density at radius 3 is 3.13 bits per heavy atom. The van der Waals surface area contributed by atoms with Crippen molar-refractivity contribution in [3.05, 3.63) is 17.4 Å². The second kappa shape index (κ2) is 5.56. The van der Waals surface area contributed by atoms with E-state index in [4.69, 9.17) is 11.6 Å². The molecule has 1 aliphatic heterocycles. The zero-order chi connectivity index (χ0) is 10.5. The van der Waals surface area contributed by atoms with Crippen molar-refractivity contribution in [2.45, 2.75) is 37.4 Å². The normalized spacial score (nSPS) is 16.6. The van der Waals surface area contributed by atoms with Crippen LogP contribution in [0.2, 0.25) is 0 Å². The first-order valence-electron chi connectivity index (χ1n) is 5.22. The van der Waals surface area contributed by atoms with Gasteiger partial charge >= 0.3 is 0 Å². The molecule has 1 aromatic rings. The summed E-state index contributed by atoms with van der Waals surface area (Å²) < 4.78 is 2.25. The van der Waals surface area contributed by atoms with Crippen molar-refractivity contribution in [1.29, 1.82) is 0 Å². The fraction of sp³-hybridized carbons (Fsp3) is 0.600. The van der Waals surface area contributed by atoms with E-state index in [1.54, 1.807) is 17.3 Å². The number of halogens is 1. The summed E-state index contributed by atoms with van der Waals surface area (Å²) in [4.78, 5) is 0. The van der Waals surface area contributed by atoms with Crippen LogP contribution in [0.1, 0.15) is 25.1 Å². The molecule has 0 N–H and O–H groups in total. The molecular weight excluding hydrogens is 230 g/mol. The molecule has 15 heavy (non-hydrogen) atoms. The Kier molecular flexibility index (Phi) is 4.09. The van der Waals surface area contributed by atoms with Gasteiger partial charge in [0.2, 0.25) is 0 Å². The summed E-state index contributed by atoms with van der Waals surface area (Å²) in [5.41, 5.74) is 1.55. The van der Waals surface area contributed by atoms with Crippen LogP contribution in [-0.2, 0) is 13.0 Å². The van der Waals surface area contributed by atoms with E-state index in [1.165, 1.54) is 19.3 Å². The zero-order valence-corrected chi connectivity index (χ0v) is 10.1. The van der Waals surface area contributed by atoms with Crippen LogP contribution in [0.3, 0.4) is 0 Å². The van der Waals surface area contributed by atoms with Gasteiger partial charge in [0, 0.05) is 24.3 Å². The van der Waals surface area contributed by atoms with Crippen LogP contribution < -0.4 is 0 Å². The molecule has 0 spiro atoms. The molecule has 5 heteroatoms. The standard InChI is InChI=1S/C10H14ClN3S/c11-6-4-8-15-10-13-12-9-5-2-1-3-7-14(9)10/h4,6H,1-3,5,7-8H2/b6-4+. The van der Waals surface area contributed by atoms with Crippen LogP contribution in [0.5, 0.6) is 0 Å². The van der Waals surface area contributed by atoms with Gasteiger partial charge in [-0.3, -0.25) is 0 Å².